The van der Waals surface area contributed by atoms with E-state index >= 15 is 0 Å². The van der Waals surface area contributed by atoms with Gasteiger partial charge in [0.2, 0.25) is 0 Å². The van der Waals surface area contributed by atoms with Crippen LogP contribution in [-0.4, -0.2) is 26.2 Å². The van der Waals surface area contributed by atoms with Gasteiger partial charge in [0.1, 0.15) is 11.5 Å². The van der Waals surface area contributed by atoms with E-state index in [-0.39, 0.29) is 23.3 Å². The Labute approximate surface area is 153 Å². The maximum Gasteiger partial charge on any atom is 0.255 e. The highest BCUT2D eigenvalue weighted by Gasteiger charge is 2.59. The smallest absolute Gasteiger partial charge is 0.255 e. The van der Waals surface area contributed by atoms with Crippen LogP contribution in [0.3, 0.4) is 0 Å². The van der Waals surface area contributed by atoms with E-state index < -0.39 is 0 Å². The first-order chi connectivity index (χ1) is 11.9. The second-order valence-electron chi connectivity index (χ2n) is 6.85. The molecule has 3 rings (SSSR count). The summed E-state index contributed by atoms with van der Waals surface area (Å²) in [7, 11) is 3.05. The van der Waals surface area contributed by atoms with Crippen molar-refractivity contribution in [2.24, 2.45) is 5.41 Å². The summed E-state index contributed by atoms with van der Waals surface area (Å²) in [5, 5.41) is 3.51. The van der Waals surface area contributed by atoms with Crippen molar-refractivity contribution in [1.29, 1.82) is 0 Å². The molecule has 0 heterocycles. The Bertz CT molecular complexity index is 789. The van der Waals surface area contributed by atoms with E-state index in [2.05, 4.69) is 31.3 Å². The van der Waals surface area contributed by atoms with Crippen LogP contribution >= 0.6 is 11.6 Å². The first kappa shape index (κ1) is 17.6. The van der Waals surface area contributed by atoms with Gasteiger partial charge in [0.05, 0.1) is 24.8 Å². The number of benzene rings is 2. The number of hydrogen-bond acceptors (Lipinski definition) is 3. The summed E-state index contributed by atoms with van der Waals surface area (Å²) in [4.78, 5) is 12.8. The average molecular weight is 360 g/mol. The van der Waals surface area contributed by atoms with Crippen molar-refractivity contribution in [2.45, 2.75) is 25.8 Å². The van der Waals surface area contributed by atoms with Gasteiger partial charge in [-0.3, -0.25) is 4.79 Å². The van der Waals surface area contributed by atoms with Gasteiger partial charge in [0, 0.05) is 18.0 Å². The molecule has 1 aliphatic rings. The molecule has 2 aromatic rings. The van der Waals surface area contributed by atoms with Gasteiger partial charge in [0.25, 0.3) is 5.91 Å². The highest BCUT2D eigenvalue weighted by atomic mass is 35.5. The Balaban J connectivity index is 1.83. The number of carbonyl (C=O) groups is 1. The fraction of sp³-hybridized carbons (Fsp3) is 0.350. The molecule has 1 saturated carbocycles. The lowest BCUT2D eigenvalue weighted by atomic mass is 10.0. The van der Waals surface area contributed by atoms with E-state index in [0.29, 0.717) is 22.1 Å². The number of ether oxygens (including phenoxy) is 2. The van der Waals surface area contributed by atoms with E-state index in [1.807, 2.05) is 18.2 Å². The predicted octanol–water partition coefficient (Wildman–Crippen LogP) is 4.28. The van der Waals surface area contributed by atoms with Crippen LogP contribution in [0.25, 0.3) is 0 Å². The zero-order valence-corrected chi connectivity index (χ0v) is 15.6. The van der Waals surface area contributed by atoms with Crippen molar-refractivity contribution in [3.05, 3.63) is 58.6 Å². The monoisotopic (exact) mass is 359 g/mol. The number of carbonyl (C=O) groups excluding carboxylic acids is 1. The molecular formula is C20H22ClNO3. The molecule has 1 aliphatic carbocycles. The topological polar surface area (TPSA) is 47.6 Å². The number of rotatable bonds is 5. The molecule has 0 radical (unpaired) electrons. The third-order valence-electron chi connectivity index (χ3n) is 4.99. The van der Waals surface area contributed by atoms with Crippen LogP contribution in [0.15, 0.2) is 42.5 Å². The van der Waals surface area contributed by atoms with E-state index in [4.69, 9.17) is 21.1 Å². The second kappa shape index (κ2) is 6.60. The number of amides is 1. The number of nitrogens with one attached hydrogen (secondary N) is 1. The van der Waals surface area contributed by atoms with E-state index in [9.17, 15) is 4.79 Å². The molecule has 1 N–H and O–H groups in total. The molecular weight excluding hydrogens is 338 g/mol. The van der Waals surface area contributed by atoms with Gasteiger partial charge in [-0.15, -0.1) is 0 Å². The van der Waals surface area contributed by atoms with Gasteiger partial charge in [0.15, 0.2) is 0 Å². The van der Waals surface area contributed by atoms with Crippen molar-refractivity contribution in [1.82, 2.24) is 5.32 Å². The van der Waals surface area contributed by atoms with Crippen molar-refractivity contribution >= 4 is 17.5 Å². The molecule has 0 spiro atoms. The third-order valence-corrected chi connectivity index (χ3v) is 5.29. The molecule has 25 heavy (non-hydrogen) atoms. The Kier molecular flexibility index (Phi) is 4.65. The molecule has 4 nitrogen and oxygen atoms in total. The molecule has 1 fully saturated rings. The molecule has 2 aromatic carbocycles. The summed E-state index contributed by atoms with van der Waals surface area (Å²) in [5.41, 5.74) is 1.64. The van der Waals surface area contributed by atoms with Crippen LogP contribution in [0.2, 0.25) is 5.02 Å². The van der Waals surface area contributed by atoms with Gasteiger partial charge in [-0.1, -0.05) is 55.8 Å². The summed E-state index contributed by atoms with van der Waals surface area (Å²) >= 11 is 6.17. The lowest BCUT2D eigenvalue weighted by molar-refractivity contribution is 0.0943. The van der Waals surface area contributed by atoms with E-state index in [1.54, 1.807) is 12.1 Å². The van der Waals surface area contributed by atoms with Gasteiger partial charge < -0.3 is 14.8 Å². The summed E-state index contributed by atoms with van der Waals surface area (Å²) < 4.78 is 10.5. The molecule has 0 saturated heterocycles. The van der Waals surface area contributed by atoms with Crippen molar-refractivity contribution < 1.29 is 14.3 Å². The van der Waals surface area contributed by atoms with Gasteiger partial charge >= 0.3 is 0 Å². The Morgan fingerprint density at radius 3 is 2.32 bits per heavy atom. The first-order valence-corrected chi connectivity index (χ1v) is 8.55. The molecule has 0 aliphatic heterocycles. The zero-order chi connectivity index (χ0) is 18.2. The summed E-state index contributed by atoms with van der Waals surface area (Å²) in [5.74, 6) is 1.01. The highest BCUT2D eigenvalue weighted by molar-refractivity contribution is 6.32. The fourth-order valence-corrected chi connectivity index (χ4v) is 3.69. The molecule has 0 bridgehead atoms. The summed E-state index contributed by atoms with van der Waals surface area (Å²) in [6.45, 7) is 4.32. The van der Waals surface area contributed by atoms with Crippen LogP contribution in [0.5, 0.6) is 11.5 Å². The van der Waals surface area contributed by atoms with Crippen LogP contribution < -0.4 is 14.8 Å². The maximum atomic E-state index is 12.8. The SMILES string of the molecule is COc1cc(OC)c(C(=O)N[C@@H]2[C@@H](c3ccccc3)C2(C)C)cc1Cl. The second-order valence-corrected chi connectivity index (χ2v) is 7.26. The minimum absolute atomic E-state index is 0.000509. The Morgan fingerprint density at radius 1 is 1.08 bits per heavy atom. The van der Waals surface area contributed by atoms with E-state index in [1.165, 1.54) is 19.8 Å². The van der Waals surface area contributed by atoms with Crippen LogP contribution in [0.4, 0.5) is 0 Å². The van der Waals surface area contributed by atoms with Crippen LogP contribution in [0, 0.1) is 5.41 Å². The van der Waals surface area contributed by atoms with Gasteiger partial charge in [-0.25, -0.2) is 0 Å². The maximum absolute atomic E-state index is 12.8. The lowest BCUT2D eigenvalue weighted by Crippen LogP contribution is -2.29. The molecule has 2 atom stereocenters. The zero-order valence-electron chi connectivity index (χ0n) is 14.8. The fourth-order valence-electron chi connectivity index (χ4n) is 3.45. The molecule has 1 amide bonds. The number of halogens is 1. The predicted molar refractivity (Wildman–Crippen MR) is 98.8 cm³/mol. The van der Waals surface area contributed by atoms with Crippen molar-refractivity contribution in [3.63, 3.8) is 0 Å². The minimum atomic E-state index is -0.196. The molecule has 0 aromatic heterocycles. The Hall–Kier alpha value is -2.20. The molecule has 5 heteroatoms. The van der Waals surface area contributed by atoms with Crippen LogP contribution in [0.1, 0.15) is 35.7 Å². The molecule has 132 valence electrons. The summed E-state index contributed by atoms with van der Waals surface area (Å²) in [6.07, 6.45) is 0. The quantitative estimate of drug-likeness (QED) is 0.866. The highest BCUT2D eigenvalue weighted by Crippen LogP contribution is 2.58. The average Bonchev–Trinajstić information content (AvgIpc) is 3.15. The Morgan fingerprint density at radius 2 is 1.72 bits per heavy atom. The number of methoxy groups -OCH3 is 2. The first-order valence-electron chi connectivity index (χ1n) is 8.17. The lowest BCUT2D eigenvalue weighted by Gasteiger charge is -2.13. The minimum Gasteiger partial charge on any atom is -0.496 e. The number of hydrogen-bond donors (Lipinski definition) is 1. The summed E-state index contributed by atoms with van der Waals surface area (Å²) in [6, 6.07) is 13.5. The van der Waals surface area contributed by atoms with Gasteiger partial charge in [-0.2, -0.15) is 0 Å². The largest absolute Gasteiger partial charge is 0.496 e. The van der Waals surface area contributed by atoms with Crippen molar-refractivity contribution in [2.75, 3.05) is 14.2 Å². The van der Waals surface area contributed by atoms with Crippen molar-refractivity contribution in [3.8, 4) is 11.5 Å². The standard InChI is InChI=1S/C20H22ClNO3/c1-20(2)17(12-8-6-5-7-9-12)18(20)22-19(23)13-10-14(21)16(25-4)11-15(13)24-3/h5-11,17-18H,1-4H3,(H,22,23)/t17-,18-/m1/s1. The molecule has 0 unspecified atom stereocenters. The van der Waals surface area contributed by atoms with Gasteiger partial charge in [-0.05, 0) is 17.0 Å². The van der Waals surface area contributed by atoms with Crippen LogP contribution in [-0.2, 0) is 0 Å². The normalized spacial score (nSPS) is 20.7. The third kappa shape index (κ3) is 3.19. The van der Waals surface area contributed by atoms with E-state index in [0.717, 1.165) is 0 Å².